The normalized spacial score (nSPS) is 11.5. The van der Waals surface area contributed by atoms with Crippen molar-refractivity contribution in [3.63, 3.8) is 0 Å². The van der Waals surface area contributed by atoms with Gasteiger partial charge in [0.05, 0.1) is 0 Å². The number of aromatic hydroxyl groups is 2. The lowest BCUT2D eigenvalue weighted by molar-refractivity contribution is 0.462. The highest BCUT2D eigenvalue weighted by Crippen LogP contribution is 2.30. The van der Waals surface area contributed by atoms with Crippen molar-refractivity contribution in [2.75, 3.05) is 0 Å². The molecule has 0 bridgehead atoms. The van der Waals surface area contributed by atoms with E-state index in [-0.39, 0.29) is 16.9 Å². The van der Waals surface area contributed by atoms with Crippen molar-refractivity contribution in [1.29, 1.82) is 0 Å². The Hall–Kier alpha value is -1.96. The first-order valence-corrected chi connectivity index (χ1v) is 6.47. The maximum atomic E-state index is 9.97. The van der Waals surface area contributed by atoms with Crippen molar-refractivity contribution in [2.45, 2.75) is 32.6 Å². The van der Waals surface area contributed by atoms with Crippen molar-refractivity contribution in [2.24, 2.45) is 0 Å². The van der Waals surface area contributed by atoms with E-state index in [1.807, 2.05) is 24.3 Å². The topological polar surface area (TPSA) is 40.5 Å². The zero-order valence-corrected chi connectivity index (χ0v) is 11.6. The molecule has 0 aromatic heterocycles. The van der Waals surface area contributed by atoms with Gasteiger partial charge in [0.15, 0.2) is 0 Å². The zero-order chi connectivity index (χ0) is 14.0. The molecule has 0 heterocycles. The van der Waals surface area contributed by atoms with Gasteiger partial charge < -0.3 is 10.2 Å². The molecule has 0 aliphatic heterocycles. The molecule has 0 fully saturated rings. The van der Waals surface area contributed by atoms with Crippen molar-refractivity contribution in [1.82, 2.24) is 0 Å². The maximum Gasteiger partial charge on any atom is 0.119 e. The van der Waals surface area contributed by atoms with Crippen LogP contribution in [0.3, 0.4) is 0 Å². The number of benzene rings is 2. The fourth-order valence-electron chi connectivity index (χ4n) is 2.06. The average Bonchev–Trinajstić information content (AvgIpc) is 2.33. The maximum absolute atomic E-state index is 9.97. The summed E-state index contributed by atoms with van der Waals surface area (Å²) in [5.74, 6) is 0.541. The van der Waals surface area contributed by atoms with Gasteiger partial charge in [0.25, 0.3) is 0 Å². The van der Waals surface area contributed by atoms with Crippen molar-refractivity contribution >= 4 is 0 Å². The molecule has 0 radical (unpaired) electrons. The van der Waals surface area contributed by atoms with Crippen LogP contribution in [0, 0.1) is 0 Å². The first-order valence-electron chi connectivity index (χ1n) is 6.47. The molecule has 0 amide bonds. The van der Waals surface area contributed by atoms with E-state index >= 15 is 0 Å². The number of rotatable bonds is 2. The van der Waals surface area contributed by atoms with Crippen LogP contribution >= 0.6 is 0 Å². The van der Waals surface area contributed by atoms with E-state index in [9.17, 15) is 10.2 Å². The van der Waals surface area contributed by atoms with Crippen LogP contribution in [0.5, 0.6) is 11.5 Å². The number of para-hydroxylation sites is 1. The molecule has 2 rings (SSSR count). The Morgan fingerprint density at radius 1 is 0.842 bits per heavy atom. The number of phenolic OH excluding ortho intramolecular Hbond substituents is 2. The van der Waals surface area contributed by atoms with E-state index in [4.69, 9.17) is 0 Å². The summed E-state index contributed by atoms with van der Waals surface area (Å²) >= 11 is 0. The molecule has 0 saturated heterocycles. The number of hydrogen-bond acceptors (Lipinski definition) is 2. The summed E-state index contributed by atoms with van der Waals surface area (Å²) in [6, 6.07) is 12.9. The summed E-state index contributed by atoms with van der Waals surface area (Å²) in [5, 5.41) is 19.8. The molecule has 0 unspecified atom stereocenters. The van der Waals surface area contributed by atoms with Crippen LogP contribution in [-0.2, 0) is 11.8 Å². The van der Waals surface area contributed by atoms with E-state index in [0.717, 1.165) is 11.1 Å². The second-order valence-electron chi connectivity index (χ2n) is 5.90. The summed E-state index contributed by atoms with van der Waals surface area (Å²) in [4.78, 5) is 0. The second-order valence-corrected chi connectivity index (χ2v) is 5.90. The van der Waals surface area contributed by atoms with Crippen LogP contribution in [-0.4, -0.2) is 10.2 Å². The average molecular weight is 256 g/mol. The van der Waals surface area contributed by atoms with E-state index in [2.05, 4.69) is 20.8 Å². The lowest BCUT2D eigenvalue weighted by Gasteiger charge is -2.20. The molecule has 2 nitrogen and oxygen atoms in total. The predicted octanol–water partition coefficient (Wildman–Crippen LogP) is 3.99. The third-order valence-corrected chi connectivity index (χ3v) is 3.32. The summed E-state index contributed by atoms with van der Waals surface area (Å²) in [7, 11) is 0. The minimum atomic E-state index is 0.0428. The monoisotopic (exact) mass is 256 g/mol. The molecule has 0 atom stereocenters. The number of hydrogen-bond donors (Lipinski definition) is 2. The van der Waals surface area contributed by atoms with Gasteiger partial charge in [-0.05, 0) is 34.2 Å². The lowest BCUT2D eigenvalue weighted by Crippen LogP contribution is -2.11. The molecule has 2 N–H and O–H groups in total. The van der Waals surface area contributed by atoms with Crippen LogP contribution in [0.4, 0.5) is 0 Å². The smallest absolute Gasteiger partial charge is 0.119 e. The molecule has 2 aromatic carbocycles. The molecule has 100 valence electrons. The number of phenols is 2. The van der Waals surface area contributed by atoms with Gasteiger partial charge in [-0.25, -0.2) is 0 Å². The van der Waals surface area contributed by atoms with E-state index in [1.54, 1.807) is 18.2 Å². The Morgan fingerprint density at radius 3 is 2.11 bits per heavy atom. The third-order valence-electron chi connectivity index (χ3n) is 3.32. The van der Waals surface area contributed by atoms with Gasteiger partial charge in [0.2, 0.25) is 0 Å². The van der Waals surface area contributed by atoms with Crippen LogP contribution in [0.15, 0.2) is 42.5 Å². The molecular formula is C17H20O2. The Morgan fingerprint density at radius 2 is 1.47 bits per heavy atom. The quantitative estimate of drug-likeness (QED) is 0.853. The summed E-state index contributed by atoms with van der Waals surface area (Å²) in [6.07, 6.45) is 0.530. The van der Waals surface area contributed by atoms with Gasteiger partial charge >= 0.3 is 0 Å². The molecular weight excluding hydrogens is 236 g/mol. The highest BCUT2D eigenvalue weighted by molar-refractivity contribution is 5.44. The van der Waals surface area contributed by atoms with Crippen LogP contribution in [0.2, 0.25) is 0 Å². The van der Waals surface area contributed by atoms with Crippen molar-refractivity contribution in [3.8, 4) is 11.5 Å². The third kappa shape index (κ3) is 3.08. The molecule has 0 aliphatic rings. The standard InChI is InChI=1S/C17H20O2/c1-17(2,3)14-8-9-16(19)13(11-14)10-12-6-4-5-7-15(12)18/h4-9,11,18-19H,10H2,1-3H3. The molecule has 2 aromatic rings. The second kappa shape index (κ2) is 4.96. The summed E-state index contributed by atoms with van der Waals surface area (Å²) < 4.78 is 0. The zero-order valence-electron chi connectivity index (χ0n) is 11.6. The predicted molar refractivity (Wildman–Crippen MR) is 77.7 cm³/mol. The van der Waals surface area contributed by atoms with Crippen molar-refractivity contribution in [3.05, 3.63) is 59.2 Å². The molecule has 0 saturated carbocycles. The first-order chi connectivity index (χ1) is 8.88. The Labute approximate surface area is 114 Å². The Bertz CT molecular complexity index is 580. The SMILES string of the molecule is CC(C)(C)c1ccc(O)c(Cc2ccccc2O)c1. The molecule has 19 heavy (non-hydrogen) atoms. The summed E-state index contributed by atoms with van der Waals surface area (Å²) in [5.41, 5.74) is 2.88. The first kappa shape index (κ1) is 13.5. The van der Waals surface area contributed by atoms with Gasteiger partial charge in [-0.1, -0.05) is 51.1 Å². The van der Waals surface area contributed by atoms with Crippen LogP contribution in [0.1, 0.15) is 37.5 Å². The van der Waals surface area contributed by atoms with Gasteiger partial charge in [-0.2, -0.15) is 0 Å². The minimum Gasteiger partial charge on any atom is -0.508 e. The fourth-order valence-corrected chi connectivity index (χ4v) is 2.06. The lowest BCUT2D eigenvalue weighted by atomic mass is 9.85. The molecule has 0 spiro atoms. The summed E-state index contributed by atoms with van der Waals surface area (Å²) in [6.45, 7) is 6.43. The van der Waals surface area contributed by atoms with Gasteiger partial charge in [0.1, 0.15) is 11.5 Å². The largest absolute Gasteiger partial charge is 0.508 e. The minimum absolute atomic E-state index is 0.0428. The molecule has 0 aliphatic carbocycles. The van der Waals surface area contributed by atoms with E-state index in [1.165, 1.54) is 5.56 Å². The van der Waals surface area contributed by atoms with Gasteiger partial charge in [-0.3, -0.25) is 0 Å². The van der Waals surface area contributed by atoms with Gasteiger partial charge in [0, 0.05) is 6.42 Å². The molecule has 2 heteroatoms. The van der Waals surface area contributed by atoms with E-state index in [0.29, 0.717) is 6.42 Å². The Balaban J connectivity index is 2.38. The fraction of sp³-hybridized carbons (Fsp3) is 0.294. The van der Waals surface area contributed by atoms with Crippen LogP contribution in [0.25, 0.3) is 0 Å². The van der Waals surface area contributed by atoms with Gasteiger partial charge in [-0.15, -0.1) is 0 Å². The highest BCUT2D eigenvalue weighted by Gasteiger charge is 2.16. The van der Waals surface area contributed by atoms with E-state index < -0.39 is 0 Å². The van der Waals surface area contributed by atoms with Crippen LogP contribution < -0.4 is 0 Å². The Kier molecular flexibility index (Phi) is 3.52. The van der Waals surface area contributed by atoms with Crippen molar-refractivity contribution < 1.29 is 10.2 Å². The highest BCUT2D eigenvalue weighted by atomic mass is 16.3.